The molecule has 3 nitrogen and oxygen atoms in total. The van der Waals surface area contributed by atoms with Crippen molar-refractivity contribution < 1.29 is 4.79 Å². The first-order chi connectivity index (χ1) is 10.6. The summed E-state index contributed by atoms with van der Waals surface area (Å²) in [5.74, 6) is 0.155. The van der Waals surface area contributed by atoms with Gasteiger partial charge in [0, 0.05) is 9.92 Å². The van der Waals surface area contributed by atoms with E-state index in [0.29, 0.717) is 16.3 Å². The summed E-state index contributed by atoms with van der Waals surface area (Å²) in [5.41, 5.74) is 1.53. The molecule has 1 amide bonds. The van der Waals surface area contributed by atoms with Crippen LogP contribution in [-0.4, -0.2) is 11.7 Å². The second-order valence-corrected chi connectivity index (χ2v) is 6.15. The van der Waals surface area contributed by atoms with Gasteiger partial charge >= 0.3 is 0 Å². The number of carbonyl (C=O) groups excluding carboxylic acids is 1. The number of hydrogen-bond acceptors (Lipinski definition) is 3. The van der Waals surface area contributed by atoms with Crippen molar-refractivity contribution in [2.45, 2.75) is 17.9 Å². The molecule has 0 unspecified atom stereocenters. The second-order valence-electron chi connectivity index (χ2n) is 4.69. The molecule has 0 aliphatic heterocycles. The molecule has 1 N–H and O–H groups in total. The fourth-order valence-corrected chi connectivity index (χ4v) is 2.93. The predicted octanol–water partition coefficient (Wildman–Crippen LogP) is 4.45. The molecule has 2 rings (SSSR count). The highest BCUT2D eigenvalue weighted by molar-refractivity contribution is 7.99. The average Bonchev–Trinajstić information content (AvgIpc) is 2.53. The molecular formula is C17H15ClN2OS. The minimum atomic E-state index is -0.159. The Bertz CT molecular complexity index is 712. The number of rotatable bonds is 5. The third kappa shape index (κ3) is 4.27. The number of nitrogens with one attached hydrogen (secondary N) is 1. The molecule has 0 bridgehead atoms. The topological polar surface area (TPSA) is 52.9 Å². The summed E-state index contributed by atoms with van der Waals surface area (Å²) < 4.78 is 0. The van der Waals surface area contributed by atoms with Crippen LogP contribution in [0.2, 0.25) is 5.02 Å². The number of amides is 1. The minimum absolute atomic E-state index is 0.153. The van der Waals surface area contributed by atoms with Gasteiger partial charge in [-0.05, 0) is 36.8 Å². The highest BCUT2D eigenvalue weighted by Gasteiger charge is 2.15. The summed E-state index contributed by atoms with van der Waals surface area (Å²) in [6.45, 7) is 1.91. The van der Waals surface area contributed by atoms with Crippen LogP contribution in [0, 0.1) is 11.3 Å². The lowest BCUT2D eigenvalue weighted by Crippen LogP contribution is -2.27. The molecule has 22 heavy (non-hydrogen) atoms. The van der Waals surface area contributed by atoms with Gasteiger partial charge in [-0.2, -0.15) is 5.26 Å². The van der Waals surface area contributed by atoms with E-state index in [1.165, 1.54) is 11.8 Å². The Balaban J connectivity index is 2.14. The van der Waals surface area contributed by atoms with E-state index in [0.717, 1.165) is 10.5 Å². The molecule has 1 atom stereocenters. The highest BCUT2D eigenvalue weighted by atomic mass is 35.5. The van der Waals surface area contributed by atoms with E-state index in [4.69, 9.17) is 16.9 Å². The van der Waals surface area contributed by atoms with Crippen LogP contribution in [0.5, 0.6) is 0 Å². The largest absolute Gasteiger partial charge is 0.345 e. The Labute approximate surface area is 139 Å². The molecule has 0 heterocycles. The molecule has 5 heteroatoms. The van der Waals surface area contributed by atoms with Crippen molar-refractivity contribution in [1.82, 2.24) is 5.32 Å². The van der Waals surface area contributed by atoms with Crippen molar-refractivity contribution in [3.63, 3.8) is 0 Å². The summed E-state index contributed by atoms with van der Waals surface area (Å²) in [7, 11) is 0. The van der Waals surface area contributed by atoms with Gasteiger partial charge in [0.05, 0.1) is 23.4 Å². The number of nitriles is 1. The molecule has 0 radical (unpaired) electrons. The van der Waals surface area contributed by atoms with Crippen molar-refractivity contribution in [3.05, 3.63) is 64.7 Å². The zero-order valence-electron chi connectivity index (χ0n) is 12.0. The lowest BCUT2D eigenvalue weighted by molar-refractivity contribution is 0.0937. The van der Waals surface area contributed by atoms with Crippen molar-refractivity contribution >= 4 is 29.3 Å². The van der Waals surface area contributed by atoms with Crippen LogP contribution >= 0.6 is 23.4 Å². The fourth-order valence-electron chi connectivity index (χ4n) is 2.02. The van der Waals surface area contributed by atoms with E-state index < -0.39 is 0 Å². The Morgan fingerprint density at radius 3 is 2.82 bits per heavy atom. The van der Waals surface area contributed by atoms with Crippen LogP contribution in [-0.2, 0) is 0 Å². The van der Waals surface area contributed by atoms with Gasteiger partial charge in [0.1, 0.15) is 0 Å². The molecule has 112 valence electrons. The number of thioether (sulfide) groups is 1. The van der Waals surface area contributed by atoms with E-state index in [9.17, 15) is 4.79 Å². The summed E-state index contributed by atoms with van der Waals surface area (Å²) in [5, 5.41) is 12.3. The van der Waals surface area contributed by atoms with Crippen LogP contribution < -0.4 is 5.32 Å². The van der Waals surface area contributed by atoms with E-state index in [-0.39, 0.29) is 11.9 Å². The van der Waals surface area contributed by atoms with Crippen LogP contribution in [0.25, 0.3) is 0 Å². The maximum atomic E-state index is 12.5. The van der Waals surface area contributed by atoms with Crippen molar-refractivity contribution in [2.75, 3.05) is 5.75 Å². The van der Waals surface area contributed by atoms with E-state index in [1.54, 1.807) is 12.1 Å². The summed E-state index contributed by atoms with van der Waals surface area (Å²) in [6, 6.07) is 16.6. The lowest BCUT2D eigenvalue weighted by atomic mass is 10.1. The molecule has 0 saturated carbocycles. The maximum Gasteiger partial charge on any atom is 0.252 e. The molecule has 2 aromatic rings. The Hall–Kier alpha value is -1.96. The van der Waals surface area contributed by atoms with Gasteiger partial charge < -0.3 is 5.32 Å². The van der Waals surface area contributed by atoms with Crippen LogP contribution in [0.15, 0.2) is 53.4 Å². The van der Waals surface area contributed by atoms with Gasteiger partial charge in [0.2, 0.25) is 0 Å². The van der Waals surface area contributed by atoms with E-state index in [2.05, 4.69) is 11.4 Å². The molecular weight excluding hydrogens is 316 g/mol. The first-order valence-electron chi connectivity index (χ1n) is 6.77. The smallest absolute Gasteiger partial charge is 0.252 e. The van der Waals surface area contributed by atoms with E-state index >= 15 is 0 Å². The molecule has 2 aromatic carbocycles. The van der Waals surface area contributed by atoms with Gasteiger partial charge in [0.15, 0.2) is 0 Å². The van der Waals surface area contributed by atoms with Gasteiger partial charge in [-0.15, -0.1) is 11.8 Å². The number of nitrogens with zero attached hydrogens (tertiary/aromatic N) is 1. The first-order valence-corrected chi connectivity index (χ1v) is 8.13. The monoisotopic (exact) mass is 330 g/mol. The fraction of sp³-hybridized carbons (Fsp3) is 0.176. The average molecular weight is 331 g/mol. The molecule has 0 aliphatic carbocycles. The standard InChI is InChI=1S/C17H15ClN2OS/c1-12(13-5-4-6-14(18)11-13)20-17(21)15-7-2-3-8-16(15)22-10-9-19/h2-8,11-12H,10H2,1H3,(H,20,21)/t12-/m0/s1. The van der Waals surface area contributed by atoms with Gasteiger partial charge in [-0.25, -0.2) is 0 Å². The van der Waals surface area contributed by atoms with Gasteiger partial charge in [0.25, 0.3) is 5.91 Å². The molecule has 0 saturated heterocycles. The summed E-state index contributed by atoms with van der Waals surface area (Å²) in [4.78, 5) is 13.3. The first kappa shape index (κ1) is 16.4. The van der Waals surface area contributed by atoms with Crippen molar-refractivity contribution in [3.8, 4) is 6.07 Å². The van der Waals surface area contributed by atoms with Gasteiger partial charge in [-0.1, -0.05) is 35.9 Å². The number of benzene rings is 2. The number of hydrogen-bond donors (Lipinski definition) is 1. The number of halogens is 1. The highest BCUT2D eigenvalue weighted by Crippen LogP contribution is 2.23. The van der Waals surface area contributed by atoms with Crippen LogP contribution in [0.4, 0.5) is 0 Å². The quantitative estimate of drug-likeness (QED) is 0.824. The predicted molar refractivity (Wildman–Crippen MR) is 90.1 cm³/mol. The molecule has 0 aliphatic rings. The summed E-state index contributed by atoms with van der Waals surface area (Å²) >= 11 is 7.34. The van der Waals surface area contributed by atoms with Crippen LogP contribution in [0.3, 0.4) is 0 Å². The Kier molecular flexibility index (Phi) is 5.88. The van der Waals surface area contributed by atoms with E-state index in [1.807, 2.05) is 43.3 Å². The second kappa shape index (κ2) is 7.88. The molecule has 0 aromatic heterocycles. The van der Waals surface area contributed by atoms with Gasteiger partial charge in [-0.3, -0.25) is 4.79 Å². The Morgan fingerprint density at radius 1 is 1.32 bits per heavy atom. The zero-order valence-corrected chi connectivity index (χ0v) is 13.6. The molecule has 0 fully saturated rings. The number of carbonyl (C=O) groups is 1. The SMILES string of the molecule is C[C@H](NC(=O)c1ccccc1SCC#N)c1cccc(Cl)c1. The van der Waals surface area contributed by atoms with Crippen LogP contribution in [0.1, 0.15) is 28.9 Å². The Morgan fingerprint density at radius 2 is 2.09 bits per heavy atom. The van der Waals surface area contributed by atoms with Crippen molar-refractivity contribution in [1.29, 1.82) is 5.26 Å². The van der Waals surface area contributed by atoms with Crippen molar-refractivity contribution in [2.24, 2.45) is 0 Å². The summed E-state index contributed by atoms with van der Waals surface area (Å²) in [6.07, 6.45) is 0. The normalized spacial score (nSPS) is 11.5. The molecule has 0 spiro atoms. The maximum absolute atomic E-state index is 12.5. The zero-order chi connectivity index (χ0) is 15.9. The third-order valence-electron chi connectivity index (χ3n) is 3.12. The third-order valence-corrected chi connectivity index (χ3v) is 4.30. The lowest BCUT2D eigenvalue weighted by Gasteiger charge is -2.16. The minimum Gasteiger partial charge on any atom is -0.345 e.